The van der Waals surface area contributed by atoms with Crippen molar-refractivity contribution in [3.05, 3.63) is 56.8 Å². The van der Waals surface area contributed by atoms with Crippen LogP contribution in [0.1, 0.15) is 16.6 Å². The van der Waals surface area contributed by atoms with E-state index in [0.29, 0.717) is 9.77 Å². The minimum Gasteiger partial charge on any atom is -0.455 e. The minimum absolute atomic E-state index is 0.0448. The molecule has 10 heteroatoms. The summed E-state index contributed by atoms with van der Waals surface area (Å²) in [6.07, 6.45) is 0. The van der Waals surface area contributed by atoms with Crippen LogP contribution in [0.2, 0.25) is 0 Å². The van der Waals surface area contributed by atoms with Crippen molar-refractivity contribution >= 4 is 46.6 Å². The largest absolute Gasteiger partial charge is 0.455 e. The maximum Gasteiger partial charge on any atom is 0.319 e. The fourth-order valence-electron chi connectivity index (χ4n) is 1.78. The molecule has 1 aromatic carbocycles. The summed E-state index contributed by atoms with van der Waals surface area (Å²) in [5.74, 6) is -1.90. The van der Waals surface area contributed by atoms with Gasteiger partial charge in [0.1, 0.15) is 5.25 Å². The van der Waals surface area contributed by atoms with Gasteiger partial charge in [-0.25, -0.2) is 0 Å². The van der Waals surface area contributed by atoms with E-state index in [0.717, 1.165) is 11.8 Å². The van der Waals surface area contributed by atoms with E-state index in [1.807, 2.05) is 0 Å². The zero-order valence-electron chi connectivity index (χ0n) is 13.5. The Morgan fingerprint density at radius 1 is 1.27 bits per heavy atom. The first-order chi connectivity index (χ1) is 12.4. The number of thioether (sulfide) groups is 1. The van der Waals surface area contributed by atoms with Crippen molar-refractivity contribution in [3.8, 4) is 0 Å². The molecule has 0 aliphatic carbocycles. The van der Waals surface area contributed by atoms with Gasteiger partial charge in [0.25, 0.3) is 17.5 Å². The molecular formula is C16H14N2O6S2. The molecule has 0 aliphatic rings. The highest BCUT2D eigenvalue weighted by molar-refractivity contribution is 8.00. The van der Waals surface area contributed by atoms with Crippen molar-refractivity contribution in [3.63, 3.8) is 0 Å². The number of imide groups is 1. The summed E-state index contributed by atoms with van der Waals surface area (Å²) in [4.78, 5) is 46.4. The lowest BCUT2D eigenvalue weighted by atomic mass is 10.3. The molecule has 0 spiro atoms. The normalized spacial score (nSPS) is 11.4. The van der Waals surface area contributed by atoms with E-state index >= 15 is 0 Å². The van der Waals surface area contributed by atoms with Crippen LogP contribution in [0.15, 0.2) is 46.7 Å². The summed E-state index contributed by atoms with van der Waals surface area (Å²) in [7, 11) is 0. The number of thiophene rings is 1. The number of benzene rings is 1. The number of non-ortho nitro benzene ring substituents is 1. The lowest BCUT2D eigenvalue weighted by Gasteiger charge is -2.11. The molecule has 26 heavy (non-hydrogen) atoms. The quantitative estimate of drug-likeness (QED) is 0.332. The molecule has 0 saturated heterocycles. The van der Waals surface area contributed by atoms with Crippen molar-refractivity contribution in [2.75, 3.05) is 6.61 Å². The number of nitro benzene ring substituents is 1. The van der Waals surface area contributed by atoms with Crippen molar-refractivity contribution in [1.29, 1.82) is 0 Å². The number of ether oxygens (including phenoxy) is 1. The first-order valence-corrected chi connectivity index (χ1v) is 9.08. The van der Waals surface area contributed by atoms with Crippen LogP contribution >= 0.6 is 23.1 Å². The monoisotopic (exact) mass is 394 g/mol. The average Bonchev–Trinajstić information content (AvgIpc) is 3.14. The number of amides is 2. The zero-order valence-corrected chi connectivity index (χ0v) is 15.2. The third kappa shape index (κ3) is 5.67. The summed E-state index contributed by atoms with van der Waals surface area (Å²) in [6, 6.07) is 8.98. The van der Waals surface area contributed by atoms with Gasteiger partial charge in [-0.1, -0.05) is 6.07 Å². The second kappa shape index (κ2) is 9.11. The number of nitrogens with zero attached hydrogens (tertiary/aromatic N) is 1. The molecule has 1 N–H and O–H groups in total. The van der Waals surface area contributed by atoms with Gasteiger partial charge in [-0.3, -0.25) is 29.8 Å². The summed E-state index contributed by atoms with van der Waals surface area (Å²) >= 11 is 2.33. The van der Waals surface area contributed by atoms with Crippen LogP contribution in [0.3, 0.4) is 0 Å². The number of carbonyl (C=O) groups is 3. The van der Waals surface area contributed by atoms with Gasteiger partial charge in [-0.15, -0.1) is 23.1 Å². The first-order valence-electron chi connectivity index (χ1n) is 7.32. The number of nitro groups is 1. The molecule has 1 unspecified atom stereocenters. The standard InChI is InChI=1S/C16H14N2O6S2/c1-10(26-12-6-4-11(5-7-12)18(22)23)16(21)24-9-14(19)17-15(20)13-3-2-8-25-13/h2-8,10H,9H2,1H3,(H,17,19,20). The van der Waals surface area contributed by atoms with Crippen LogP contribution in [-0.2, 0) is 14.3 Å². The van der Waals surface area contributed by atoms with Gasteiger partial charge < -0.3 is 4.74 Å². The van der Waals surface area contributed by atoms with Crippen molar-refractivity contribution in [1.82, 2.24) is 5.32 Å². The van der Waals surface area contributed by atoms with Gasteiger partial charge in [0, 0.05) is 17.0 Å². The van der Waals surface area contributed by atoms with E-state index < -0.39 is 34.6 Å². The number of esters is 1. The molecule has 2 amide bonds. The summed E-state index contributed by atoms with van der Waals surface area (Å²) < 4.78 is 4.89. The Hall–Kier alpha value is -2.72. The molecule has 0 radical (unpaired) electrons. The Bertz CT molecular complexity index is 805. The molecule has 1 aromatic heterocycles. The van der Waals surface area contributed by atoms with Crippen LogP contribution in [0.5, 0.6) is 0 Å². The predicted octanol–water partition coefficient (Wildman–Crippen LogP) is 2.64. The third-order valence-corrected chi connectivity index (χ3v) is 4.99. The summed E-state index contributed by atoms with van der Waals surface area (Å²) in [6.45, 7) is 1.02. The Morgan fingerprint density at radius 3 is 2.54 bits per heavy atom. The zero-order chi connectivity index (χ0) is 19.1. The molecule has 1 heterocycles. The number of carbonyl (C=O) groups excluding carboxylic acids is 3. The molecule has 136 valence electrons. The SMILES string of the molecule is CC(Sc1ccc([N+](=O)[O-])cc1)C(=O)OCC(=O)NC(=O)c1cccs1. The summed E-state index contributed by atoms with van der Waals surface area (Å²) in [5, 5.41) is 13.8. The molecule has 1 atom stereocenters. The Labute approximate surface area is 156 Å². The van der Waals surface area contributed by atoms with Crippen LogP contribution in [-0.4, -0.2) is 34.6 Å². The van der Waals surface area contributed by atoms with Crippen molar-refractivity contribution in [2.24, 2.45) is 0 Å². The van der Waals surface area contributed by atoms with Crippen molar-refractivity contribution < 1.29 is 24.0 Å². The van der Waals surface area contributed by atoms with E-state index in [1.54, 1.807) is 24.4 Å². The summed E-state index contributed by atoms with van der Waals surface area (Å²) in [5.41, 5.74) is -0.0448. The Kier molecular flexibility index (Phi) is 6.87. The van der Waals surface area contributed by atoms with Crippen LogP contribution in [0.25, 0.3) is 0 Å². The highest BCUT2D eigenvalue weighted by atomic mass is 32.2. The molecule has 0 bridgehead atoms. The maximum atomic E-state index is 11.9. The minimum atomic E-state index is -0.718. The second-order valence-corrected chi connectivity index (χ2v) is 7.34. The molecule has 0 fully saturated rings. The molecular weight excluding hydrogens is 380 g/mol. The van der Waals surface area contributed by atoms with Crippen LogP contribution < -0.4 is 5.32 Å². The van der Waals surface area contributed by atoms with Gasteiger partial charge in [0.05, 0.1) is 9.80 Å². The van der Waals surface area contributed by atoms with E-state index in [1.165, 1.54) is 35.6 Å². The molecule has 8 nitrogen and oxygen atoms in total. The first kappa shape index (κ1) is 19.6. The molecule has 2 aromatic rings. The fraction of sp³-hybridized carbons (Fsp3) is 0.188. The number of nitrogens with one attached hydrogen (secondary N) is 1. The Morgan fingerprint density at radius 2 is 1.96 bits per heavy atom. The topological polar surface area (TPSA) is 116 Å². The average molecular weight is 394 g/mol. The van der Waals surface area contributed by atoms with Crippen molar-refractivity contribution in [2.45, 2.75) is 17.1 Å². The predicted molar refractivity (Wildman–Crippen MR) is 96.2 cm³/mol. The van der Waals surface area contributed by atoms with Gasteiger partial charge in [0.2, 0.25) is 0 Å². The maximum absolute atomic E-state index is 11.9. The van der Waals surface area contributed by atoms with E-state index in [9.17, 15) is 24.5 Å². The van der Waals surface area contributed by atoms with E-state index in [4.69, 9.17) is 4.74 Å². The van der Waals surface area contributed by atoms with E-state index in [-0.39, 0.29) is 5.69 Å². The molecule has 0 saturated carbocycles. The Balaban J connectivity index is 1.78. The van der Waals surface area contributed by atoms with E-state index in [2.05, 4.69) is 5.32 Å². The lowest BCUT2D eigenvalue weighted by molar-refractivity contribution is -0.384. The lowest BCUT2D eigenvalue weighted by Crippen LogP contribution is -2.34. The second-order valence-electron chi connectivity index (χ2n) is 4.97. The highest BCUT2D eigenvalue weighted by Gasteiger charge is 2.19. The van der Waals surface area contributed by atoms with Gasteiger partial charge in [-0.05, 0) is 30.5 Å². The van der Waals surface area contributed by atoms with Crippen LogP contribution in [0.4, 0.5) is 5.69 Å². The third-order valence-electron chi connectivity index (χ3n) is 3.04. The van der Waals surface area contributed by atoms with Crippen LogP contribution in [0, 0.1) is 10.1 Å². The highest BCUT2D eigenvalue weighted by Crippen LogP contribution is 2.25. The number of hydrogen-bond donors (Lipinski definition) is 1. The number of rotatable bonds is 7. The van der Waals surface area contributed by atoms with Gasteiger partial charge >= 0.3 is 5.97 Å². The van der Waals surface area contributed by atoms with Gasteiger partial charge in [0.15, 0.2) is 6.61 Å². The van der Waals surface area contributed by atoms with Gasteiger partial charge in [-0.2, -0.15) is 0 Å². The number of hydrogen-bond acceptors (Lipinski definition) is 8. The smallest absolute Gasteiger partial charge is 0.319 e. The fourth-order valence-corrected chi connectivity index (χ4v) is 3.27. The molecule has 2 rings (SSSR count). The molecule has 0 aliphatic heterocycles.